The Bertz CT molecular complexity index is 401. The molecule has 1 aliphatic heterocycles. The van der Waals surface area contributed by atoms with Crippen molar-refractivity contribution in [3.63, 3.8) is 0 Å². The van der Waals surface area contributed by atoms with E-state index in [2.05, 4.69) is 74.0 Å². The normalized spacial score (nSPS) is 18.0. The molecule has 0 aliphatic carbocycles. The number of nitrogens with zero attached hydrogens (tertiary/aromatic N) is 2. The molecule has 1 aromatic rings. The van der Waals surface area contributed by atoms with Crippen LogP contribution in [0.15, 0.2) is 22.7 Å². The van der Waals surface area contributed by atoms with E-state index in [0.717, 1.165) is 9.80 Å². The molecule has 0 atom stereocenters. The lowest BCUT2D eigenvalue weighted by Crippen LogP contribution is -2.42. The molecule has 1 heterocycles. The molecule has 0 bridgehead atoms. The fourth-order valence-corrected chi connectivity index (χ4v) is 3.38. The van der Waals surface area contributed by atoms with Crippen LogP contribution in [0, 0.1) is 0 Å². The molecule has 1 aliphatic rings. The zero-order chi connectivity index (χ0) is 13.1. The number of alkyl halides is 1. The van der Waals surface area contributed by atoms with Crippen LogP contribution in [-0.2, 0) is 5.33 Å². The Morgan fingerprint density at radius 1 is 1.33 bits per heavy atom. The molecule has 2 nitrogen and oxygen atoms in total. The largest absolute Gasteiger partial charge is 0.371 e. The van der Waals surface area contributed by atoms with E-state index in [4.69, 9.17) is 0 Å². The van der Waals surface area contributed by atoms with Crippen molar-refractivity contribution in [2.24, 2.45) is 0 Å². The summed E-state index contributed by atoms with van der Waals surface area (Å²) in [5.74, 6) is 0. The summed E-state index contributed by atoms with van der Waals surface area (Å²) in [5.41, 5.74) is 2.70. The second kappa shape index (κ2) is 6.40. The molecule has 1 aromatic carbocycles. The first kappa shape index (κ1) is 14.4. The fourth-order valence-electron chi connectivity index (χ4n) is 2.56. The molecule has 0 amide bonds. The highest BCUT2D eigenvalue weighted by molar-refractivity contribution is 9.10. The molecular formula is C14H20Br2N2. The zero-order valence-electron chi connectivity index (χ0n) is 11.0. The van der Waals surface area contributed by atoms with E-state index in [1.165, 1.54) is 37.2 Å². The van der Waals surface area contributed by atoms with Crippen LogP contribution >= 0.6 is 31.9 Å². The maximum Gasteiger partial charge on any atom is 0.0418 e. The number of piperidine rings is 1. The van der Waals surface area contributed by atoms with Gasteiger partial charge in [0.25, 0.3) is 0 Å². The molecule has 0 radical (unpaired) electrons. The fraction of sp³-hybridized carbons (Fsp3) is 0.571. The van der Waals surface area contributed by atoms with Crippen LogP contribution < -0.4 is 4.90 Å². The van der Waals surface area contributed by atoms with Gasteiger partial charge >= 0.3 is 0 Å². The van der Waals surface area contributed by atoms with Gasteiger partial charge in [-0.25, -0.2) is 0 Å². The molecule has 0 spiro atoms. The molecule has 0 saturated carbocycles. The van der Waals surface area contributed by atoms with Gasteiger partial charge in [-0.1, -0.05) is 37.9 Å². The van der Waals surface area contributed by atoms with Crippen molar-refractivity contribution >= 4 is 37.5 Å². The monoisotopic (exact) mass is 374 g/mol. The Hall–Kier alpha value is -0.0600. The van der Waals surface area contributed by atoms with E-state index in [1.807, 2.05) is 0 Å². The number of benzene rings is 1. The molecule has 1 saturated heterocycles. The third-order valence-electron chi connectivity index (χ3n) is 3.81. The number of rotatable bonds is 3. The van der Waals surface area contributed by atoms with Crippen molar-refractivity contribution < 1.29 is 0 Å². The molecule has 0 unspecified atom stereocenters. The number of hydrogen-bond acceptors (Lipinski definition) is 2. The second-order valence-electron chi connectivity index (χ2n) is 5.05. The molecule has 18 heavy (non-hydrogen) atoms. The molecule has 0 aromatic heterocycles. The Morgan fingerprint density at radius 3 is 2.61 bits per heavy atom. The zero-order valence-corrected chi connectivity index (χ0v) is 14.2. The first-order valence-electron chi connectivity index (χ1n) is 6.37. The minimum atomic E-state index is 0.660. The quantitative estimate of drug-likeness (QED) is 0.739. The van der Waals surface area contributed by atoms with Crippen LogP contribution in [0.5, 0.6) is 0 Å². The van der Waals surface area contributed by atoms with Crippen LogP contribution in [0.1, 0.15) is 18.4 Å². The van der Waals surface area contributed by atoms with E-state index in [1.54, 1.807) is 0 Å². The van der Waals surface area contributed by atoms with E-state index in [9.17, 15) is 0 Å². The average Bonchev–Trinajstić information content (AvgIpc) is 2.39. The van der Waals surface area contributed by atoms with Crippen LogP contribution in [0.2, 0.25) is 0 Å². The SMILES string of the molecule is CN1CCC(N(C)c2cc(Br)ccc2CBr)CC1. The summed E-state index contributed by atoms with van der Waals surface area (Å²) in [7, 11) is 4.43. The standard InChI is InChI=1S/C14H20Br2N2/c1-17-7-5-13(6-8-17)18(2)14-9-12(16)4-3-11(14)10-15/h3-4,9,13H,5-8,10H2,1-2H3. The van der Waals surface area contributed by atoms with Crippen LogP contribution in [0.3, 0.4) is 0 Å². The van der Waals surface area contributed by atoms with Crippen molar-refractivity contribution in [3.8, 4) is 0 Å². The van der Waals surface area contributed by atoms with Crippen molar-refractivity contribution in [3.05, 3.63) is 28.2 Å². The van der Waals surface area contributed by atoms with E-state index < -0.39 is 0 Å². The van der Waals surface area contributed by atoms with Crippen molar-refractivity contribution in [2.45, 2.75) is 24.2 Å². The topological polar surface area (TPSA) is 6.48 Å². The van der Waals surface area contributed by atoms with Crippen molar-refractivity contribution in [2.75, 3.05) is 32.1 Å². The van der Waals surface area contributed by atoms with Gasteiger partial charge in [-0.3, -0.25) is 0 Å². The Labute approximate surface area is 127 Å². The molecule has 4 heteroatoms. The van der Waals surface area contributed by atoms with Gasteiger partial charge < -0.3 is 9.80 Å². The van der Waals surface area contributed by atoms with E-state index in [0.29, 0.717) is 6.04 Å². The van der Waals surface area contributed by atoms with Crippen LogP contribution in [-0.4, -0.2) is 38.1 Å². The van der Waals surface area contributed by atoms with Gasteiger partial charge in [-0.2, -0.15) is 0 Å². The van der Waals surface area contributed by atoms with Crippen LogP contribution in [0.4, 0.5) is 5.69 Å². The smallest absolute Gasteiger partial charge is 0.0418 e. The summed E-state index contributed by atoms with van der Waals surface area (Å²) in [5, 5.41) is 0.909. The molecule has 2 rings (SSSR count). The van der Waals surface area contributed by atoms with Crippen LogP contribution in [0.25, 0.3) is 0 Å². The summed E-state index contributed by atoms with van der Waals surface area (Å²) in [6.07, 6.45) is 2.50. The summed E-state index contributed by atoms with van der Waals surface area (Å²) in [4.78, 5) is 4.87. The lowest BCUT2D eigenvalue weighted by atomic mass is 10.0. The number of likely N-dealkylation sites (tertiary alicyclic amines) is 1. The van der Waals surface area contributed by atoms with Crippen molar-refractivity contribution in [1.29, 1.82) is 0 Å². The minimum absolute atomic E-state index is 0.660. The summed E-state index contributed by atoms with van der Waals surface area (Å²) >= 11 is 7.16. The van der Waals surface area contributed by atoms with Gasteiger partial charge in [0.2, 0.25) is 0 Å². The number of hydrogen-bond donors (Lipinski definition) is 0. The maximum atomic E-state index is 3.58. The van der Waals surface area contributed by atoms with Gasteiger partial charge in [0.15, 0.2) is 0 Å². The minimum Gasteiger partial charge on any atom is -0.371 e. The lowest BCUT2D eigenvalue weighted by Gasteiger charge is -2.37. The van der Waals surface area contributed by atoms with Gasteiger partial charge in [0.05, 0.1) is 0 Å². The average molecular weight is 376 g/mol. The van der Waals surface area contributed by atoms with Gasteiger partial charge in [-0.15, -0.1) is 0 Å². The summed E-state index contributed by atoms with van der Waals surface area (Å²) in [6.45, 7) is 2.40. The molecular weight excluding hydrogens is 356 g/mol. The maximum absolute atomic E-state index is 3.58. The number of anilines is 1. The molecule has 1 fully saturated rings. The summed E-state index contributed by atoms with van der Waals surface area (Å²) < 4.78 is 1.15. The molecule has 0 N–H and O–H groups in total. The summed E-state index contributed by atoms with van der Waals surface area (Å²) in [6, 6.07) is 7.20. The molecule has 100 valence electrons. The predicted octanol–water partition coefficient (Wildman–Crippen LogP) is 3.87. The highest BCUT2D eigenvalue weighted by atomic mass is 79.9. The Morgan fingerprint density at radius 2 is 2.00 bits per heavy atom. The predicted molar refractivity (Wildman–Crippen MR) is 85.7 cm³/mol. The third kappa shape index (κ3) is 3.28. The van der Waals surface area contributed by atoms with Crippen molar-refractivity contribution in [1.82, 2.24) is 4.90 Å². The van der Waals surface area contributed by atoms with Gasteiger partial charge in [-0.05, 0) is 50.7 Å². The number of halogens is 2. The Balaban J connectivity index is 2.17. The van der Waals surface area contributed by atoms with E-state index >= 15 is 0 Å². The highest BCUT2D eigenvalue weighted by Crippen LogP contribution is 2.29. The van der Waals surface area contributed by atoms with Gasteiger partial charge in [0, 0.05) is 28.6 Å². The third-order valence-corrected chi connectivity index (χ3v) is 4.90. The first-order chi connectivity index (χ1) is 8.61. The van der Waals surface area contributed by atoms with E-state index in [-0.39, 0.29) is 0 Å². The van der Waals surface area contributed by atoms with Gasteiger partial charge in [0.1, 0.15) is 0 Å². The second-order valence-corrected chi connectivity index (χ2v) is 6.53. The lowest BCUT2D eigenvalue weighted by molar-refractivity contribution is 0.253. The highest BCUT2D eigenvalue weighted by Gasteiger charge is 2.22. The first-order valence-corrected chi connectivity index (χ1v) is 8.29. The Kier molecular flexibility index (Phi) is 5.10.